The van der Waals surface area contributed by atoms with E-state index in [-0.39, 0.29) is 17.3 Å². The van der Waals surface area contributed by atoms with Crippen molar-refractivity contribution >= 4 is 40.1 Å². The van der Waals surface area contributed by atoms with E-state index in [0.29, 0.717) is 5.71 Å². The van der Waals surface area contributed by atoms with Gasteiger partial charge in [0, 0.05) is 12.1 Å². The minimum Gasteiger partial charge on any atom is -0.370 e. The second-order valence-electron chi connectivity index (χ2n) is 5.42. The molecule has 1 saturated heterocycles. The molecule has 1 aromatic rings. The zero-order chi connectivity index (χ0) is 18.8. The fraction of sp³-hybridized carbons (Fsp3) is 0.333. The highest BCUT2D eigenvalue weighted by atomic mass is 32.2. The van der Waals surface area contributed by atoms with Crippen LogP contribution < -0.4 is 10.6 Å². The number of hydrogen-bond donors (Lipinski definition) is 1. The van der Waals surface area contributed by atoms with Gasteiger partial charge in [-0.2, -0.15) is 18.3 Å². The first-order valence-electron chi connectivity index (χ1n) is 7.14. The minimum absolute atomic E-state index is 0.178. The van der Waals surface area contributed by atoms with Crippen molar-refractivity contribution in [2.24, 2.45) is 15.9 Å². The minimum atomic E-state index is -4.47. The Labute approximate surface area is 146 Å². The van der Waals surface area contributed by atoms with Crippen molar-refractivity contribution in [1.82, 2.24) is 0 Å². The topological polar surface area (TPSA) is 88.1 Å². The van der Waals surface area contributed by atoms with Gasteiger partial charge in [0.05, 0.1) is 11.3 Å². The Morgan fingerprint density at radius 3 is 2.36 bits per heavy atom. The number of rotatable bonds is 4. The van der Waals surface area contributed by atoms with Crippen molar-refractivity contribution in [3.8, 4) is 0 Å². The molecule has 0 saturated carbocycles. The van der Waals surface area contributed by atoms with E-state index in [2.05, 4.69) is 10.2 Å². The largest absolute Gasteiger partial charge is 0.416 e. The van der Waals surface area contributed by atoms with Gasteiger partial charge in [0.1, 0.15) is 5.25 Å². The highest BCUT2D eigenvalue weighted by Crippen LogP contribution is 2.35. The van der Waals surface area contributed by atoms with Gasteiger partial charge in [-0.25, -0.2) is 0 Å². The number of carbonyl (C=O) groups is 2. The molecule has 10 heteroatoms. The van der Waals surface area contributed by atoms with E-state index in [1.165, 1.54) is 12.1 Å². The molecule has 1 aliphatic rings. The van der Waals surface area contributed by atoms with Gasteiger partial charge < -0.3 is 5.73 Å². The normalized spacial score (nSPS) is 19.4. The quantitative estimate of drug-likeness (QED) is 0.651. The summed E-state index contributed by atoms with van der Waals surface area (Å²) in [6.45, 7) is 3.41. The van der Waals surface area contributed by atoms with Gasteiger partial charge in [-0.3, -0.25) is 14.5 Å². The Kier molecular flexibility index (Phi) is 5.51. The summed E-state index contributed by atoms with van der Waals surface area (Å²) in [5, 5.41) is 7.23. The Morgan fingerprint density at radius 1 is 1.28 bits per heavy atom. The van der Waals surface area contributed by atoms with Crippen LogP contribution in [0, 0.1) is 0 Å². The predicted octanol–water partition coefficient (Wildman–Crippen LogP) is 2.78. The highest BCUT2D eigenvalue weighted by molar-refractivity contribution is 8.16. The standard InChI is InChI=1S/C15H15F3N4O2S/c1-8(2)20-21-14-22(13(24)11(25-14)7-12(19)23)10-5-3-9(4-6-10)15(16,17)18/h3-6,11H,7H2,1-2H3,(H2,19,23). The van der Waals surface area contributed by atoms with Crippen LogP contribution in [0.1, 0.15) is 25.8 Å². The molecular formula is C15H15F3N4O2S. The van der Waals surface area contributed by atoms with Gasteiger partial charge in [-0.15, -0.1) is 5.10 Å². The summed E-state index contributed by atoms with van der Waals surface area (Å²) in [5.74, 6) is -1.14. The lowest BCUT2D eigenvalue weighted by molar-refractivity contribution is -0.137. The first-order chi connectivity index (χ1) is 11.6. The lowest BCUT2D eigenvalue weighted by Gasteiger charge is -2.16. The van der Waals surface area contributed by atoms with Crippen LogP contribution in [0.15, 0.2) is 34.5 Å². The monoisotopic (exact) mass is 372 g/mol. The van der Waals surface area contributed by atoms with Crippen LogP contribution in [0.5, 0.6) is 0 Å². The average molecular weight is 372 g/mol. The Balaban J connectivity index is 2.39. The van der Waals surface area contributed by atoms with E-state index in [4.69, 9.17) is 5.73 Å². The third-order valence-corrected chi connectivity index (χ3v) is 4.24. The predicted molar refractivity (Wildman–Crippen MR) is 90.3 cm³/mol. The molecule has 0 aromatic heterocycles. The molecule has 0 aliphatic carbocycles. The van der Waals surface area contributed by atoms with Gasteiger partial charge in [0.2, 0.25) is 11.8 Å². The average Bonchev–Trinajstić information content (AvgIpc) is 2.80. The molecule has 1 aliphatic heterocycles. The summed E-state index contributed by atoms with van der Waals surface area (Å²) >= 11 is 0.998. The SMILES string of the molecule is CC(C)=NN=C1SC(CC(N)=O)C(=O)N1c1ccc(C(F)(F)F)cc1. The molecule has 6 nitrogen and oxygen atoms in total. The van der Waals surface area contributed by atoms with Gasteiger partial charge in [-0.1, -0.05) is 11.8 Å². The molecule has 2 rings (SSSR count). The number of thioether (sulfide) groups is 1. The van der Waals surface area contributed by atoms with E-state index < -0.39 is 28.8 Å². The number of halogens is 3. The van der Waals surface area contributed by atoms with Gasteiger partial charge in [-0.05, 0) is 38.1 Å². The maximum Gasteiger partial charge on any atom is 0.416 e. The molecule has 2 amide bonds. The molecule has 1 atom stereocenters. The van der Waals surface area contributed by atoms with E-state index in [1.54, 1.807) is 13.8 Å². The van der Waals surface area contributed by atoms with Crippen molar-refractivity contribution in [2.45, 2.75) is 31.7 Å². The second kappa shape index (κ2) is 7.26. The molecule has 0 radical (unpaired) electrons. The number of amidine groups is 1. The molecule has 25 heavy (non-hydrogen) atoms. The van der Waals surface area contributed by atoms with Crippen molar-refractivity contribution in [3.05, 3.63) is 29.8 Å². The maximum absolute atomic E-state index is 12.7. The van der Waals surface area contributed by atoms with Crippen LogP contribution in [-0.2, 0) is 15.8 Å². The van der Waals surface area contributed by atoms with Gasteiger partial charge in [0.25, 0.3) is 0 Å². The third-order valence-electron chi connectivity index (χ3n) is 3.11. The van der Waals surface area contributed by atoms with E-state index in [0.717, 1.165) is 28.8 Å². The summed E-state index contributed by atoms with van der Waals surface area (Å²) in [5.41, 5.74) is 5.15. The Bertz CT molecular complexity index is 740. The molecule has 1 unspecified atom stereocenters. The molecule has 0 bridgehead atoms. The molecule has 1 aromatic carbocycles. The smallest absolute Gasteiger partial charge is 0.370 e. The van der Waals surface area contributed by atoms with Crippen molar-refractivity contribution in [2.75, 3.05) is 4.90 Å². The Hall–Kier alpha value is -2.36. The number of nitrogens with two attached hydrogens (primary N) is 1. The number of anilines is 1. The zero-order valence-corrected chi connectivity index (χ0v) is 14.2. The first-order valence-corrected chi connectivity index (χ1v) is 8.02. The van der Waals surface area contributed by atoms with E-state index >= 15 is 0 Å². The second-order valence-corrected chi connectivity index (χ2v) is 6.59. The lowest BCUT2D eigenvalue weighted by atomic mass is 10.2. The van der Waals surface area contributed by atoms with Crippen LogP contribution in [-0.4, -0.2) is 27.9 Å². The number of nitrogens with zero attached hydrogens (tertiary/aromatic N) is 3. The van der Waals surface area contributed by atoms with Gasteiger partial charge >= 0.3 is 6.18 Å². The van der Waals surface area contributed by atoms with Crippen LogP contribution in [0.4, 0.5) is 18.9 Å². The summed E-state index contributed by atoms with van der Waals surface area (Å²) in [4.78, 5) is 24.8. The number of hydrogen-bond acceptors (Lipinski definition) is 5. The molecule has 1 heterocycles. The van der Waals surface area contributed by atoms with Crippen LogP contribution >= 0.6 is 11.8 Å². The maximum atomic E-state index is 12.7. The first kappa shape index (κ1) is 19.0. The van der Waals surface area contributed by atoms with Gasteiger partial charge in [0.15, 0.2) is 5.17 Å². The fourth-order valence-electron chi connectivity index (χ4n) is 2.03. The Morgan fingerprint density at radius 2 is 1.88 bits per heavy atom. The number of amides is 2. The van der Waals surface area contributed by atoms with E-state index in [1.807, 2.05) is 0 Å². The molecule has 1 fully saturated rings. The van der Waals surface area contributed by atoms with Crippen LogP contribution in [0.2, 0.25) is 0 Å². The summed E-state index contributed by atoms with van der Waals surface area (Å²) in [7, 11) is 0. The van der Waals surface area contributed by atoms with E-state index in [9.17, 15) is 22.8 Å². The molecule has 2 N–H and O–H groups in total. The molecular weight excluding hydrogens is 357 g/mol. The van der Waals surface area contributed by atoms with Crippen LogP contribution in [0.25, 0.3) is 0 Å². The zero-order valence-electron chi connectivity index (χ0n) is 13.4. The molecule has 0 spiro atoms. The van der Waals surface area contributed by atoms with Crippen molar-refractivity contribution in [1.29, 1.82) is 0 Å². The number of benzene rings is 1. The number of primary amides is 1. The third kappa shape index (κ3) is 4.59. The summed E-state index contributed by atoms with van der Waals surface area (Å²) < 4.78 is 38.1. The summed E-state index contributed by atoms with van der Waals surface area (Å²) in [6, 6.07) is 4.10. The lowest BCUT2D eigenvalue weighted by Crippen LogP contribution is -2.33. The van der Waals surface area contributed by atoms with Crippen LogP contribution in [0.3, 0.4) is 0 Å². The highest BCUT2D eigenvalue weighted by Gasteiger charge is 2.40. The number of carbonyl (C=O) groups excluding carboxylic acids is 2. The fourth-order valence-corrected chi connectivity index (χ4v) is 3.13. The number of alkyl halides is 3. The molecule has 134 valence electrons. The van der Waals surface area contributed by atoms with Crippen molar-refractivity contribution in [3.63, 3.8) is 0 Å². The van der Waals surface area contributed by atoms with Crippen molar-refractivity contribution < 1.29 is 22.8 Å². The summed E-state index contributed by atoms with van der Waals surface area (Å²) in [6.07, 6.45) is -4.67.